The maximum Gasteiger partial charge on any atom is 0.340 e. The molecule has 2 aromatic heterocycles. The molecule has 0 amide bonds. The topological polar surface area (TPSA) is 69.5 Å². The van der Waals surface area contributed by atoms with Crippen molar-refractivity contribution >= 4 is 33.6 Å². The molecule has 1 aliphatic rings. The van der Waals surface area contributed by atoms with Gasteiger partial charge in [-0.3, -0.25) is 9.55 Å². The van der Waals surface area contributed by atoms with Crippen molar-refractivity contribution in [3.8, 4) is 5.69 Å². The molecule has 0 aliphatic carbocycles. The summed E-state index contributed by atoms with van der Waals surface area (Å²) in [4.78, 5) is 23.3. The van der Waals surface area contributed by atoms with Crippen LogP contribution in [0.3, 0.4) is 0 Å². The zero-order chi connectivity index (χ0) is 22.4. The largest absolute Gasteiger partial charge is 0.465 e. The minimum absolute atomic E-state index is 0.0475. The van der Waals surface area contributed by atoms with Gasteiger partial charge in [-0.25, -0.2) is 18.6 Å². The number of carbonyl (C=O) groups excluding carboxylic acids is 1. The molecule has 0 spiro atoms. The Labute approximate surface area is 182 Å². The van der Waals surface area contributed by atoms with Crippen LogP contribution in [0.25, 0.3) is 27.6 Å². The maximum absolute atomic E-state index is 14.8. The highest BCUT2D eigenvalue weighted by molar-refractivity contribution is 6.05. The summed E-state index contributed by atoms with van der Waals surface area (Å²) in [5.41, 5.74) is 2.44. The Morgan fingerprint density at radius 3 is 2.59 bits per heavy atom. The molecule has 0 bridgehead atoms. The first-order valence-corrected chi connectivity index (χ1v) is 10.2. The summed E-state index contributed by atoms with van der Waals surface area (Å²) < 4.78 is 41.4. The van der Waals surface area contributed by atoms with E-state index in [0.29, 0.717) is 54.4 Å². The highest BCUT2D eigenvalue weighted by atomic mass is 19.1. The fourth-order valence-corrected chi connectivity index (χ4v) is 4.22. The monoisotopic (exact) mass is 438 g/mol. The van der Waals surface area contributed by atoms with Crippen LogP contribution in [0, 0.1) is 18.6 Å². The fraction of sp³-hybridized carbons (Fsp3) is 0.261. The molecule has 0 unspecified atom stereocenters. The number of fused-ring (bicyclic) bond motifs is 2. The molecule has 1 fully saturated rings. The van der Waals surface area contributed by atoms with E-state index in [4.69, 9.17) is 9.47 Å². The van der Waals surface area contributed by atoms with E-state index < -0.39 is 17.6 Å². The quantitative estimate of drug-likeness (QED) is 0.454. The first kappa shape index (κ1) is 20.3. The van der Waals surface area contributed by atoms with Gasteiger partial charge in [0.1, 0.15) is 28.5 Å². The molecule has 2 aromatic carbocycles. The van der Waals surface area contributed by atoms with Gasteiger partial charge < -0.3 is 14.4 Å². The van der Waals surface area contributed by atoms with Gasteiger partial charge in [0.2, 0.25) is 0 Å². The molecule has 0 atom stereocenters. The third kappa shape index (κ3) is 3.16. The van der Waals surface area contributed by atoms with Crippen LogP contribution in [-0.2, 0) is 9.47 Å². The molecule has 0 N–H and O–H groups in total. The molecule has 5 rings (SSSR count). The number of anilines is 1. The lowest BCUT2D eigenvalue weighted by Crippen LogP contribution is -2.36. The third-order valence-corrected chi connectivity index (χ3v) is 5.71. The molecule has 0 radical (unpaired) electrons. The van der Waals surface area contributed by atoms with Crippen molar-refractivity contribution in [3.63, 3.8) is 0 Å². The van der Waals surface area contributed by atoms with Crippen molar-refractivity contribution in [1.29, 1.82) is 0 Å². The number of aryl methyl sites for hydroxylation is 1. The second-order valence-corrected chi connectivity index (χ2v) is 7.53. The average Bonchev–Trinajstić information content (AvgIpc) is 3.16. The predicted molar refractivity (Wildman–Crippen MR) is 115 cm³/mol. The van der Waals surface area contributed by atoms with Crippen LogP contribution in [0.5, 0.6) is 0 Å². The standard InChI is InChI=1S/C23H20F2N4O3/c1-13-27-21-15(23(30)31-2)11-14(28-7-9-32-10-8-28)12-19(21)29(13)18-5-6-26-22-17(25)4-3-16(24)20(18)22/h3-6,11-12H,7-10H2,1-2H3. The van der Waals surface area contributed by atoms with Crippen LogP contribution in [0.1, 0.15) is 16.2 Å². The number of rotatable bonds is 3. The molecule has 1 saturated heterocycles. The van der Waals surface area contributed by atoms with Crippen molar-refractivity contribution in [2.24, 2.45) is 0 Å². The molecule has 0 saturated carbocycles. The summed E-state index contributed by atoms with van der Waals surface area (Å²) in [5, 5.41) is 0.0475. The minimum Gasteiger partial charge on any atom is -0.465 e. The number of carbonyl (C=O) groups is 1. The number of halogens is 2. The Bertz CT molecular complexity index is 1360. The molecule has 3 heterocycles. The summed E-state index contributed by atoms with van der Waals surface area (Å²) >= 11 is 0. The van der Waals surface area contributed by atoms with Gasteiger partial charge in [-0.15, -0.1) is 0 Å². The molecule has 4 aromatic rings. The van der Waals surface area contributed by atoms with Crippen LogP contribution in [0.2, 0.25) is 0 Å². The normalized spacial score (nSPS) is 14.3. The van der Waals surface area contributed by atoms with E-state index in [1.165, 1.54) is 13.3 Å². The van der Waals surface area contributed by atoms with Crippen LogP contribution in [0.15, 0.2) is 36.5 Å². The lowest BCUT2D eigenvalue weighted by Gasteiger charge is -2.29. The Morgan fingerprint density at radius 1 is 1.09 bits per heavy atom. The number of pyridine rings is 1. The summed E-state index contributed by atoms with van der Waals surface area (Å²) in [6, 6.07) is 7.39. The van der Waals surface area contributed by atoms with Crippen molar-refractivity contribution in [3.05, 3.63) is 59.6 Å². The SMILES string of the molecule is COC(=O)c1cc(N2CCOCC2)cc2c1nc(C)n2-c1ccnc2c(F)ccc(F)c12. The molecule has 164 valence electrons. The van der Waals surface area contributed by atoms with Gasteiger partial charge in [-0.2, -0.15) is 0 Å². The highest BCUT2D eigenvalue weighted by Gasteiger charge is 2.23. The number of morpholine rings is 1. The number of hydrogen-bond donors (Lipinski definition) is 0. The van der Waals surface area contributed by atoms with Crippen molar-refractivity contribution < 1.29 is 23.0 Å². The molecular weight excluding hydrogens is 418 g/mol. The van der Waals surface area contributed by atoms with Crippen molar-refractivity contribution in [1.82, 2.24) is 14.5 Å². The van der Waals surface area contributed by atoms with E-state index in [-0.39, 0.29) is 10.9 Å². The lowest BCUT2D eigenvalue weighted by atomic mass is 10.1. The second kappa shape index (κ2) is 7.83. The number of benzene rings is 2. The zero-order valence-corrected chi connectivity index (χ0v) is 17.6. The fourth-order valence-electron chi connectivity index (χ4n) is 4.22. The Hall–Kier alpha value is -3.59. The molecular formula is C23H20F2N4O3. The van der Waals surface area contributed by atoms with Crippen LogP contribution < -0.4 is 4.90 Å². The highest BCUT2D eigenvalue weighted by Crippen LogP contribution is 2.33. The Kier molecular flexibility index (Phi) is 4.97. The smallest absolute Gasteiger partial charge is 0.340 e. The van der Waals surface area contributed by atoms with Gasteiger partial charge in [0.15, 0.2) is 0 Å². The number of hydrogen-bond acceptors (Lipinski definition) is 6. The Morgan fingerprint density at radius 2 is 1.84 bits per heavy atom. The van der Waals surface area contributed by atoms with Gasteiger partial charge in [-0.05, 0) is 37.3 Å². The minimum atomic E-state index is -0.616. The summed E-state index contributed by atoms with van der Waals surface area (Å²) in [7, 11) is 1.31. The van der Waals surface area contributed by atoms with Crippen LogP contribution in [0.4, 0.5) is 14.5 Å². The number of nitrogens with zero attached hydrogens (tertiary/aromatic N) is 4. The van der Waals surface area contributed by atoms with Crippen molar-refractivity contribution in [2.45, 2.75) is 6.92 Å². The third-order valence-electron chi connectivity index (χ3n) is 5.71. The van der Waals surface area contributed by atoms with Gasteiger partial charge >= 0.3 is 5.97 Å². The Balaban J connectivity index is 1.83. The van der Waals surface area contributed by atoms with Crippen LogP contribution in [-0.4, -0.2) is 53.9 Å². The lowest BCUT2D eigenvalue weighted by molar-refractivity contribution is 0.0603. The van der Waals surface area contributed by atoms with E-state index >= 15 is 0 Å². The van der Waals surface area contributed by atoms with Gasteiger partial charge in [0.05, 0.1) is 42.5 Å². The van der Waals surface area contributed by atoms with E-state index in [0.717, 1.165) is 17.8 Å². The molecule has 7 nitrogen and oxygen atoms in total. The maximum atomic E-state index is 14.8. The van der Waals surface area contributed by atoms with E-state index in [9.17, 15) is 13.6 Å². The van der Waals surface area contributed by atoms with Gasteiger partial charge in [0.25, 0.3) is 0 Å². The number of esters is 1. The summed E-state index contributed by atoms with van der Waals surface area (Å²) in [6.07, 6.45) is 1.43. The molecule has 9 heteroatoms. The van der Waals surface area contributed by atoms with Gasteiger partial charge in [-0.1, -0.05) is 0 Å². The summed E-state index contributed by atoms with van der Waals surface area (Å²) in [5.74, 6) is -1.22. The first-order valence-electron chi connectivity index (χ1n) is 10.2. The molecule has 1 aliphatic heterocycles. The van der Waals surface area contributed by atoms with Gasteiger partial charge in [0, 0.05) is 25.0 Å². The number of ether oxygens (including phenoxy) is 2. The predicted octanol–water partition coefficient (Wildman–Crippen LogP) is 3.78. The number of imidazole rings is 1. The number of aromatic nitrogens is 3. The summed E-state index contributed by atoms with van der Waals surface area (Å²) in [6.45, 7) is 4.22. The van der Waals surface area contributed by atoms with Crippen molar-refractivity contribution in [2.75, 3.05) is 38.3 Å². The first-order chi connectivity index (χ1) is 15.5. The zero-order valence-electron chi connectivity index (χ0n) is 17.6. The number of methoxy groups -OCH3 is 1. The second-order valence-electron chi connectivity index (χ2n) is 7.53. The average molecular weight is 438 g/mol. The molecule has 32 heavy (non-hydrogen) atoms. The van der Waals surface area contributed by atoms with Crippen LogP contribution >= 0.6 is 0 Å². The van der Waals surface area contributed by atoms with E-state index in [1.54, 1.807) is 23.6 Å². The van der Waals surface area contributed by atoms with E-state index in [1.807, 2.05) is 6.07 Å². The van der Waals surface area contributed by atoms with E-state index in [2.05, 4.69) is 14.9 Å².